The highest BCUT2D eigenvalue weighted by atomic mass is 35.5. The molecule has 0 radical (unpaired) electrons. The summed E-state index contributed by atoms with van der Waals surface area (Å²) in [7, 11) is 0. The van der Waals surface area contributed by atoms with Crippen LogP contribution >= 0.6 is 12.4 Å². The molecular formula is C16H23ClN6O4. The zero-order chi connectivity index (χ0) is 18.6. The number of rotatable bonds is 7. The number of nitro benzene ring substituents is 1. The lowest BCUT2D eigenvalue weighted by Gasteiger charge is -2.39. The summed E-state index contributed by atoms with van der Waals surface area (Å²) < 4.78 is 5.56. The Balaban J connectivity index is 0.00000261. The van der Waals surface area contributed by atoms with E-state index in [9.17, 15) is 10.1 Å². The van der Waals surface area contributed by atoms with E-state index < -0.39 is 10.6 Å². The molecule has 1 fully saturated rings. The first-order chi connectivity index (χ1) is 12.5. The number of halogens is 1. The van der Waals surface area contributed by atoms with Crippen LogP contribution in [-0.2, 0) is 4.84 Å². The zero-order valence-corrected chi connectivity index (χ0v) is 15.6. The number of guanidine groups is 2. The summed E-state index contributed by atoms with van der Waals surface area (Å²) in [6.07, 6.45) is 4.32. The van der Waals surface area contributed by atoms with Crippen LogP contribution < -0.4 is 16.2 Å². The normalized spacial score (nSPS) is 17.9. The van der Waals surface area contributed by atoms with Gasteiger partial charge in [0.2, 0.25) is 11.9 Å². The van der Waals surface area contributed by atoms with Crippen molar-refractivity contribution in [1.82, 2.24) is 5.06 Å². The van der Waals surface area contributed by atoms with Crippen LogP contribution in [0.15, 0.2) is 34.3 Å². The molecule has 1 spiro atoms. The number of nitrogens with zero attached hydrogens (tertiary/aromatic N) is 4. The van der Waals surface area contributed by atoms with Gasteiger partial charge >= 0.3 is 0 Å². The number of non-ortho nitro benzene ring substituents is 1. The number of aliphatic imine (C=N–C) groups is 2. The summed E-state index contributed by atoms with van der Waals surface area (Å²) in [4.78, 5) is 24.4. The maximum absolute atomic E-state index is 10.6. The van der Waals surface area contributed by atoms with E-state index in [1.807, 2.05) is 0 Å². The van der Waals surface area contributed by atoms with Crippen molar-refractivity contribution in [3.63, 3.8) is 0 Å². The van der Waals surface area contributed by atoms with Gasteiger partial charge in [0.25, 0.3) is 5.69 Å². The Morgan fingerprint density at radius 1 is 1.19 bits per heavy atom. The van der Waals surface area contributed by atoms with E-state index in [4.69, 9.17) is 21.0 Å². The van der Waals surface area contributed by atoms with Crippen LogP contribution in [0.25, 0.3) is 0 Å². The summed E-state index contributed by atoms with van der Waals surface area (Å²) in [5, 5.41) is 12.2. The predicted octanol–water partition coefficient (Wildman–Crippen LogP) is 1.93. The molecule has 0 saturated heterocycles. The van der Waals surface area contributed by atoms with Crippen molar-refractivity contribution in [3.8, 4) is 5.75 Å². The molecule has 1 aliphatic heterocycles. The monoisotopic (exact) mass is 398 g/mol. The maximum Gasteiger partial charge on any atom is 0.269 e. The quantitative estimate of drug-likeness (QED) is 0.406. The van der Waals surface area contributed by atoms with Gasteiger partial charge in [0.1, 0.15) is 5.75 Å². The Bertz CT molecular complexity index is 718. The Kier molecular flexibility index (Phi) is 6.81. The number of ether oxygens (including phenoxy) is 1. The molecule has 0 amide bonds. The van der Waals surface area contributed by atoms with Crippen molar-refractivity contribution in [3.05, 3.63) is 34.4 Å². The van der Waals surface area contributed by atoms with E-state index in [2.05, 4.69) is 9.98 Å². The van der Waals surface area contributed by atoms with Crippen molar-refractivity contribution in [2.75, 3.05) is 13.2 Å². The van der Waals surface area contributed by atoms with Gasteiger partial charge < -0.3 is 16.2 Å². The third-order valence-corrected chi connectivity index (χ3v) is 4.37. The molecule has 0 unspecified atom stereocenters. The smallest absolute Gasteiger partial charge is 0.269 e. The van der Waals surface area contributed by atoms with Gasteiger partial charge in [-0.2, -0.15) is 10.1 Å². The van der Waals surface area contributed by atoms with E-state index in [0.29, 0.717) is 25.4 Å². The average Bonchev–Trinajstić information content (AvgIpc) is 3.05. The van der Waals surface area contributed by atoms with Crippen LogP contribution in [0.1, 0.15) is 32.1 Å². The van der Waals surface area contributed by atoms with Gasteiger partial charge in [-0.3, -0.25) is 15.0 Å². The van der Waals surface area contributed by atoms with Gasteiger partial charge in [-0.1, -0.05) is 0 Å². The molecule has 0 aromatic heterocycles. The lowest BCUT2D eigenvalue weighted by Crippen LogP contribution is -2.55. The number of nitrogens with two attached hydrogens (primary N) is 2. The molecule has 1 aromatic rings. The molecule has 10 nitrogen and oxygen atoms in total. The molecule has 0 atom stereocenters. The second kappa shape index (κ2) is 8.87. The van der Waals surface area contributed by atoms with Gasteiger partial charge in [-0.15, -0.1) is 12.4 Å². The molecule has 4 N–H and O–H groups in total. The van der Waals surface area contributed by atoms with Crippen LogP contribution in [0.3, 0.4) is 0 Å². The highest BCUT2D eigenvalue weighted by Crippen LogP contribution is 2.38. The molecule has 1 aromatic carbocycles. The summed E-state index contributed by atoms with van der Waals surface area (Å²) in [6.45, 7) is 0.779. The third-order valence-electron chi connectivity index (χ3n) is 4.37. The van der Waals surface area contributed by atoms with Crippen LogP contribution in [-0.4, -0.2) is 40.8 Å². The van der Waals surface area contributed by atoms with E-state index in [1.54, 1.807) is 17.2 Å². The molecule has 1 saturated carbocycles. The molecule has 148 valence electrons. The van der Waals surface area contributed by atoms with Crippen LogP contribution in [0.5, 0.6) is 5.75 Å². The Hall–Kier alpha value is -2.59. The van der Waals surface area contributed by atoms with Crippen LogP contribution in [0, 0.1) is 10.1 Å². The lowest BCUT2D eigenvalue weighted by atomic mass is 10.1. The highest BCUT2D eigenvalue weighted by molar-refractivity contribution is 5.95. The first kappa shape index (κ1) is 20.7. The van der Waals surface area contributed by atoms with Gasteiger partial charge in [-0.05, 0) is 37.8 Å². The molecule has 1 heterocycles. The summed E-state index contributed by atoms with van der Waals surface area (Å²) in [5.74, 6) is 0.973. The number of hydrogen-bond acceptors (Lipinski definition) is 9. The molecule has 1 aliphatic carbocycles. The molecule has 3 rings (SSSR count). The SMILES string of the molecule is Cl.NC1=NC2(CCCC2)N(OCCCOc2ccc([N+](=O)[O-])cc2)C(N)=N1. The van der Waals surface area contributed by atoms with Crippen LogP contribution in [0.2, 0.25) is 0 Å². The highest BCUT2D eigenvalue weighted by Gasteiger charge is 2.44. The van der Waals surface area contributed by atoms with E-state index in [1.165, 1.54) is 12.1 Å². The number of benzene rings is 1. The minimum Gasteiger partial charge on any atom is -0.493 e. The number of nitro groups is 1. The van der Waals surface area contributed by atoms with Crippen molar-refractivity contribution < 1.29 is 14.5 Å². The van der Waals surface area contributed by atoms with Crippen molar-refractivity contribution in [2.24, 2.45) is 21.5 Å². The van der Waals surface area contributed by atoms with Crippen molar-refractivity contribution >= 4 is 30.0 Å². The molecule has 2 aliphatic rings. The van der Waals surface area contributed by atoms with Gasteiger partial charge in [0, 0.05) is 18.6 Å². The van der Waals surface area contributed by atoms with Crippen molar-refractivity contribution in [1.29, 1.82) is 0 Å². The molecular weight excluding hydrogens is 376 g/mol. The average molecular weight is 399 g/mol. The van der Waals surface area contributed by atoms with Crippen molar-refractivity contribution in [2.45, 2.75) is 37.8 Å². The van der Waals surface area contributed by atoms with Crippen LogP contribution in [0.4, 0.5) is 5.69 Å². The summed E-state index contributed by atoms with van der Waals surface area (Å²) in [6, 6.07) is 5.95. The first-order valence-electron chi connectivity index (χ1n) is 8.50. The fourth-order valence-corrected chi connectivity index (χ4v) is 3.17. The van der Waals surface area contributed by atoms with Gasteiger partial charge in [0.05, 0.1) is 18.1 Å². The minimum atomic E-state index is -0.546. The molecule has 11 heteroatoms. The fraction of sp³-hybridized carbons (Fsp3) is 0.500. The number of hydroxylamine groups is 2. The predicted molar refractivity (Wildman–Crippen MR) is 103 cm³/mol. The Labute approximate surface area is 162 Å². The largest absolute Gasteiger partial charge is 0.493 e. The third kappa shape index (κ3) is 4.77. The summed E-state index contributed by atoms with van der Waals surface area (Å²) in [5.41, 5.74) is 11.2. The maximum atomic E-state index is 10.6. The van der Waals surface area contributed by atoms with Gasteiger partial charge in [0.15, 0.2) is 5.66 Å². The molecule has 27 heavy (non-hydrogen) atoms. The first-order valence-corrected chi connectivity index (χ1v) is 8.50. The van der Waals surface area contributed by atoms with E-state index in [-0.39, 0.29) is 30.0 Å². The summed E-state index contributed by atoms with van der Waals surface area (Å²) >= 11 is 0. The minimum absolute atomic E-state index is 0. The number of hydrogen-bond donors (Lipinski definition) is 2. The standard InChI is InChI=1S/C16H22N6O4.ClH/c17-14-19-15(18)21(16(20-14)8-1-2-9-16)26-11-3-10-25-13-6-4-12(5-7-13)22(23)24;/h4-7H,1-3,8-11H2,(H4,17,18,19,20);1H. The van der Waals surface area contributed by atoms with Gasteiger partial charge in [-0.25, -0.2) is 4.99 Å². The van der Waals surface area contributed by atoms with E-state index >= 15 is 0 Å². The second-order valence-electron chi connectivity index (χ2n) is 6.21. The Morgan fingerprint density at radius 3 is 2.48 bits per heavy atom. The molecule has 0 bridgehead atoms. The topological polar surface area (TPSA) is 142 Å². The lowest BCUT2D eigenvalue weighted by molar-refractivity contribution is -0.384. The fourth-order valence-electron chi connectivity index (χ4n) is 3.17. The van der Waals surface area contributed by atoms with E-state index in [0.717, 1.165) is 25.7 Å². The Morgan fingerprint density at radius 2 is 1.85 bits per heavy atom. The second-order valence-corrected chi connectivity index (χ2v) is 6.21. The zero-order valence-electron chi connectivity index (χ0n) is 14.7.